The zero-order valence-corrected chi connectivity index (χ0v) is 20.5. The molecule has 6 rings (SSSR count). The van der Waals surface area contributed by atoms with Crippen molar-refractivity contribution in [2.45, 2.75) is 78.2 Å². The van der Waals surface area contributed by atoms with Gasteiger partial charge in [-0.05, 0) is 86.0 Å². The van der Waals surface area contributed by atoms with Crippen molar-refractivity contribution in [3.8, 4) is 6.07 Å². The summed E-state index contributed by atoms with van der Waals surface area (Å²) in [6.07, 6.45) is 11.0. The molecule has 10 atom stereocenters. The third-order valence-electron chi connectivity index (χ3n) is 11.5. The van der Waals surface area contributed by atoms with Gasteiger partial charge in [0.2, 0.25) is 0 Å². The molecular formula is C29H37NO3. The molecule has 0 aromatic carbocycles. The van der Waals surface area contributed by atoms with Crippen LogP contribution in [0.15, 0.2) is 23.3 Å². The Morgan fingerprint density at radius 2 is 1.94 bits per heavy atom. The second-order valence-corrected chi connectivity index (χ2v) is 12.8. The molecular weight excluding hydrogens is 410 g/mol. The van der Waals surface area contributed by atoms with Crippen molar-refractivity contribution in [2.24, 2.45) is 52.3 Å². The highest BCUT2D eigenvalue weighted by Crippen LogP contribution is 2.70. The van der Waals surface area contributed by atoms with Crippen molar-refractivity contribution in [1.29, 1.82) is 5.26 Å². The quantitative estimate of drug-likeness (QED) is 0.496. The van der Waals surface area contributed by atoms with Crippen molar-refractivity contribution in [2.75, 3.05) is 6.61 Å². The first-order valence-electron chi connectivity index (χ1n) is 13.2. The van der Waals surface area contributed by atoms with Crippen LogP contribution in [0.3, 0.4) is 0 Å². The predicted molar refractivity (Wildman–Crippen MR) is 125 cm³/mol. The van der Waals surface area contributed by atoms with E-state index in [1.807, 2.05) is 12.2 Å². The first-order chi connectivity index (χ1) is 15.6. The fourth-order valence-corrected chi connectivity index (χ4v) is 9.73. The fourth-order valence-electron chi connectivity index (χ4n) is 9.73. The van der Waals surface area contributed by atoms with E-state index in [1.54, 1.807) is 0 Å². The monoisotopic (exact) mass is 447 g/mol. The van der Waals surface area contributed by atoms with Crippen molar-refractivity contribution in [3.63, 3.8) is 0 Å². The Hall–Kier alpha value is -1.73. The third kappa shape index (κ3) is 2.67. The topological polar surface area (TPSA) is 67.2 Å². The average molecular weight is 448 g/mol. The van der Waals surface area contributed by atoms with Crippen molar-refractivity contribution in [1.82, 2.24) is 0 Å². The second-order valence-electron chi connectivity index (χ2n) is 12.8. The van der Waals surface area contributed by atoms with E-state index in [9.17, 15) is 14.9 Å². The number of nitrogens with zero attached hydrogens (tertiary/aromatic N) is 1. The molecule has 176 valence electrons. The molecule has 1 spiro atoms. The number of Topliss-reactive ketones (excluding diaryl/α,β-unsaturated/α-hetero) is 1. The summed E-state index contributed by atoms with van der Waals surface area (Å²) in [5.41, 5.74) is 0.822. The van der Waals surface area contributed by atoms with Crippen LogP contribution in [0.4, 0.5) is 0 Å². The Balaban J connectivity index is 1.38. The summed E-state index contributed by atoms with van der Waals surface area (Å²) in [6.45, 7) is 9.96. The molecule has 1 saturated heterocycles. The fraction of sp³-hybridized carbons (Fsp3) is 0.759. The van der Waals surface area contributed by atoms with Gasteiger partial charge >= 0.3 is 0 Å². The van der Waals surface area contributed by atoms with Gasteiger partial charge in [0.1, 0.15) is 6.07 Å². The first-order valence-corrected chi connectivity index (χ1v) is 13.2. The summed E-state index contributed by atoms with van der Waals surface area (Å²) in [6, 6.07) is 2.13. The summed E-state index contributed by atoms with van der Waals surface area (Å²) < 4.78 is 6.58. The van der Waals surface area contributed by atoms with Crippen LogP contribution in [0.1, 0.15) is 72.6 Å². The molecule has 0 unspecified atom stereocenters. The lowest BCUT2D eigenvalue weighted by Crippen LogP contribution is -2.52. The summed E-state index contributed by atoms with van der Waals surface area (Å²) in [5, 5.41) is 9.54. The highest BCUT2D eigenvalue weighted by Gasteiger charge is 2.69. The highest BCUT2D eigenvalue weighted by atomic mass is 16.5. The minimum absolute atomic E-state index is 0.0256. The zero-order valence-electron chi connectivity index (χ0n) is 20.5. The van der Waals surface area contributed by atoms with Gasteiger partial charge in [-0.1, -0.05) is 39.3 Å². The molecule has 4 fully saturated rings. The molecule has 0 aromatic rings. The van der Waals surface area contributed by atoms with E-state index in [1.165, 1.54) is 12.0 Å². The standard InChI is InChI=1S/C29H37NO3/c1-16-7-8-29(33-15-16)13-18-9-23-21-6-5-20-10-24(31)19(14-30)12-27(20,3)22(21)11-25(32)28(23,4)26(18)17(29)2/h11-12,16-18,20-21,23,26H,5-10,13,15H2,1-4H3/t16-,17+,18-,20+,21-,23+,26+,27+,28-,29-/m1/s1. The number of ether oxygens (including phenoxy) is 1. The SMILES string of the molecule is C[C@@H]1CC[C@]2(C[C@H]3C[C@H]4[C@@H]5CC[C@H]6CC(=O)C(C#N)=C[C@]6(C)C5=CC(=O)[C@]4(C)[C@H]3[C@@H]2C)OC1. The third-order valence-corrected chi connectivity index (χ3v) is 11.5. The Morgan fingerprint density at radius 3 is 2.64 bits per heavy atom. The molecule has 0 N–H and O–H groups in total. The van der Waals surface area contributed by atoms with Crippen LogP contribution in [0.5, 0.6) is 0 Å². The maximum Gasteiger partial charge on any atom is 0.173 e. The smallest absolute Gasteiger partial charge is 0.173 e. The lowest BCUT2D eigenvalue weighted by atomic mass is 9.49. The molecule has 1 aliphatic heterocycles. The lowest BCUT2D eigenvalue weighted by Gasteiger charge is -2.54. The van der Waals surface area contributed by atoms with E-state index in [2.05, 4.69) is 33.8 Å². The van der Waals surface area contributed by atoms with Gasteiger partial charge in [-0.25, -0.2) is 0 Å². The van der Waals surface area contributed by atoms with Crippen LogP contribution in [0.2, 0.25) is 0 Å². The Kier molecular flexibility index (Phi) is 4.56. The summed E-state index contributed by atoms with van der Waals surface area (Å²) >= 11 is 0. The molecule has 0 amide bonds. The number of nitriles is 1. The van der Waals surface area contributed by atoms with Gasteiger partial charge in [-0.2, -0.15) is 5.26 Å². The van der Waals surface area contributed by atoms with E-state index < -0.39 is 0 Å². The van der Waals surface area contributed by atoms with Crippen LogP contribution in [-0.4, -0.2) is 23.8 Å². The molecule has 0 aromatic heterocycles. The Labute approximate surface area is 197 Å². The maximum atomic E-state index is 14.0. The van der Waals surface area contributed by atoms with E-state index in [4.69, 9.17) is 4.74 Å². The predicted octanol–water partition coefficient (Wildman–Crippen LogP) is 5.43. The number of carbonyl (C=O) groups excluding carboxylic acids is 2. The molecule has 1 heterocycles. The Morgan fingerprint density at radius 1 is 1.15 bits per heavy atom. The van der Waals surface area contributed by atoms with Gasteiger partial charge in [0, 0.05) is 23.9 Å². The van der Waals surface area contributed by atoms with Crippen molar-refractivity contribution in [3.05, 3.63) is 23.3 Å². The van der Waals surface area contributed by atoms with E-state index in [-0.39, 0.29) is 28.1 Å². The van der Waals surface area contributed by atoms with Crippen molar-refractivity contribution >= 4 is 11.6 Å². The summed E-state index contributed by atoms with van der Waals surface area (Å²) in [5.74, 6) is 3.24. The van der Waals surface area contributed by atoms with Crippen LogP contribution in [0, 0.1) is 63.6 Å². The van der Waals surface area contributed by atoms with E-state index >= 15 is 0 Å². The van der Waals surface area contributed by atoms with Crippen LogP contribution in [-0.2, 0) is 14.3 Å². The number of allylic oxidation sites excluding steroid dienone is 4. The summed E-state index contributed by atoms with van der Waals surface area (Å²) in [4.78, 5) is 26.5. The molecule has 4 nitrogen and oxygen atoms in total. The minimum atomic E-state index is -0.341. The summed E-state index contributed by atoms with van der Waals surface area (Å²) in [7, 11) is 0. The zero-order chi connectivity index (χ0) is 23.3. The molecule has 3 saturated carbocycles. The molecule has 6 aliphatic rings. The molecule has 33 heavy (non-hydrogen) atoms. The Bertz CT molecular complexity index is 1020. The van der Waals surface area contributed by atoms with Gasteiger partial charge in [0.25, 0.3) is 0 Å². The maximum absolute atomic E-state index is 14.0. The van der Waals surface area contributed by atoms with Crippen LogP contribution >= 0.6 is 0 Å². The van der Waals surface area contributed by atoms with Crippen molar-refractivity contribution < 1.29 is 14.3 Å². The normalized spacial score (nSPS) is 52.9. The number of fused-ring (bicyclic) bond motifs is 7. The van der Waals surface area contributed by atoms with Gasteiger partial charge in [-0.3, -0.25) is 9.59 Å². The van der Waals surface area contributed by atoms with Crippen LogP contribution in [0.25, 0.3) is 0 Å². The van der Waals surface area contributed by atoms with Gasteiger partial charge < -0.3 is 4.74 Å². The largest absolute Gasteiger partial charge is 0.374 e. The number of hydrogen-bond acceptors (Lipinski definition) is 4. The lowest BCUT2D eigenvalue weighted by molar-refractivity contribution is -0.143. The van der Waals surface area contributed by atoms with E-state index in [0.717, 1.165) is 38.7 Å². The molecule has 4 heteroatoms. The first kappa shape index (κ1) is 21.8. The molecule has 5 aliphatic carbocycles. The van der Waals surface area contributed by atoms with Gasteiger partial charge in [-0.15, -0.1) is 0 Å². The number of ketones is 2. The second kappa shape index (κ2) is 6.91. The average Bonchev–Trinajstić information content (AvgIpc) is 3.23. The number of rotatable bonds is 0. The van der Waals surface area contributed by atoms with Gasteiger partial charge in [0.15, 0.2) is 11.6 Å². The molecule has 0 bridgehead atoms. The highest BCUT2D eigenvalue weighted by molar-refractivity contribution is 6.01. The van der Waals surface area contributed by atoms with Crippen LogP contribution < -0.4 is 0 Å². The van der Waals surface area contributed by atoms with E-state index in [0.29, 0.717) is 53.3 Å². The minimum Gasteiger partial charge on any atom is -0.374 e. The molecule has 0 radical (unpaired) electrons. The number of carbonyl (C=O) groups is 2. The number of hydrogen-bond donors (Lipinski definition) is 0. The van der Waals surface area contributed by atoms with Gasteiger partial charge in [0.05, 0.1) is 11.2 Å².